The lowest BCUT2D eigenvalue weighted by molar-refractivity contribution is -0.0735. The van der Waals surface area contributed by atoms with Crippen LogP contribution >= 0.6 is 0 Å². The first-order valence-electron chi connectivity index (χ1n) is 7.07. The SMILES string of the molecule is C#Cc1cn(C2(C#C)CCC(COC)O2)c2nc(N)[nH]c(=O)c12. The van der Waals surface area contributed by atoms with E-state index in [4.69, 9.17) is 28.1 Å². The standard InChI is InChI=1S/C16H16N4O3/c1-4-10-8-20(13-12(10)14(21)19-15(17)18-13)16(5-2)7-6-11(23-16)9-22-3/h1-2,8,11H,6-7,9H2,3H3,(H3,17,18,19,21). The van der Waals surface area contributed by atoms with Crippen molar-refractivity contribution in [3.8, 4) is 24.7 Å². The zero-order valence-electron chi connectivity index (χ0n) is 12.6. The Balaban J connectivity index is 2.22. The predicted molar refractivity (Wildman–Crippen MR) is 85.5 cm³/mol. The number of nitrogen functional groups attached to an aromatic ring is 1. The summed E-state index contributed by atoms with van der Waals surface area (Å²) in [4.78, 5) is 18.8. The minimum absolute atomic E-state index is 0.0102. The normalized spacial score (nSPS) is 23.7. The summed E-state index contributed by atoms with van der Waals surface area (Å²) in [7, 11) is 1.60. The van der Waals surface area contributed by atoms with Gasteiger partial charge in [0.15, 0.2) is 5.65 Å². The fourth-order valence-corrected chi connectivity index (χ4v) is 2.94. The molecule has 2 atom stereocenters. The molecule has 0 spiro atoms. The van der Waals surface area contributed by atoms with Gasteiger partial charge in [0, 0.05) is 19.7 Å². The molecule has 0 bridgehead atoms. The van der Waals surface area contributed by atoms with Crippen LogP contribution in [0.4, 0.5) is 5.95 Å². The van der Waals surface area contributed by atoms with Crippen molar-refractivity contribution in [3.63, 3.8) is 0 Å². The van der Waals surface area contributed by atoms with Crippen molar-refractivity contribution in [3.05, 3.63) is 22.1 Å². The van der Waals surface area contributed by atoms with Crippen LogP contribution in [0.2, 0.25) is 0 Å². The Morgan fingerprint density at radius 2 is 2.43 bits per heavy atom. The van der Waals surface area contributed by atoms with Crippen molar-refractivity contribution >= 4 is 17.0 Å². The zero-order chi connectivity index (χ0) is 16.6. The second-order valence-electron chi connectivity index (χ2n) is 5.37. The fourth-order valence-electron chi connectivity index (χ4n) is 2.94. The van der Waals surface area contributed by atoms with Crippen molar-refractivity contribution in [2.45, 2.75) is 24.7 Å². The van der Waals surface area contributed by atoms with Gasteiger partial charge >= 0.3 is 0 Å². The predicted octanol–water partition coefficient (Wildman–Crippen LogP) is 0.400. The summed E-state index contributed by atoms with van der Waals surface area (Å²) in [5.41, 5.74) is 4.89. The van der Waals surface area contributed by atoms with Crippen LogP contribution in [0.3, 0.4) is 0 Å². The number of aromatic amines is 1. The van der Waals surface area contributed by atoms with Gasteiger partial charge < -0.3 is 15.2 Å². The molecule has 2 unspecified atom stereocenters. The lowest BCUT2D eigenvalue weighted by Gasteiger charge is -2.26. The number of methoxy groups -OCH3 is 1. The summed E-state index contributed by atoms with van der Waals surface area (Å²) in [6.45, 7) is 0.431. The lowest BCUT2D eigenvalue weighted by Crippen LogP contribution is -2.33. The molecule has 1 aliphatic rings. The summed E-state index contributed by atoms with van der Waals surface area (Å²) in [5.74, 6) is 5.15. The quantitative estimate of drug-likeness (QED) is 0.800. The molecule has 1 fully saturated rings. The van der Waals surface area contributed by atoms with E-state index < -0.39 is 11.3 Å². The van der Waals surface area contributed by atoms with Crippen molar-refractivity contribution < 1.29 is 9.47 Å². The number of hydrogen-bond donors (Lipinski definition) is 2. The Morgan fingerprint density at radius 3 is 3.09 bits per heavy atom. The second-order valence-corrected chi connectivity index (χ2v) is 5.37. The summed E-state index contributed by atoms with van der Waals surface area (Å²) in [6.07, 6.45) is 14.0. The van der Waals surface area contributed by atoms with Crippen LogP contribution in [0.15, 0.2) is 11.0 Å². The number of nitrogens with zero attached hydrogens (tertiary/aromatic N) is 2. The molecule has 2 aromatic rings. The van der Waals surface area contributed by atoms with Crippen LogP contribution in [0.25, 0.3) is 11.0 Å². The molecule has 1 aliphatic heterocycles. The fraction of sp³-hybridized carbons (Fsp3) is 0.375. The third-order valence-electron chi connectivity index (χ3n) is 3.96. The smallest absolute Gasteiger partial charge is 0.263 e. The molecule has 118 valence electrons. The van der Waals surface area contributed by atoms with Crippen LogP contribution in [0.5, 0.6) is 0 Å². The van der Waals surface area contributed by atoms with Gasteiger partial charge in [0.25, 0.3) is 5.56 Å². The number of aromatic nitrogens is 3. The molecule has 2 aromatic heterocycles. The van der Waals surface area contributed by atoms with E-state index >= 15 is 0 Å². The number of H-pyrrole nitrogens is 1. The number of anilines is 1. The van der Waals surface area contributed by atoms with Crippen LogP contribution in [0, 0.1) is 24.7 Å². The first kappa shape index (κ1) is 15.2. The number of terminal acetylenes is 2. The Labute approximate surface area is 132 Å². The van der Waals surface area contributed by atoms with Gasteiger partial charge in [-0.2, -0.15) is 4.98 Å². The molecule has 0 aromatic carbocycles. The molecule has 23 heavy (non-hydrogen) atoms. The Bertz CT molecular complexity index is 899. The molecule has 3 N–H and O–H groups in total. The highest BCUT2D eigenvalue weighted by Crippen LogP contribution is 2.37. The number of nitrogens with one attached hydrogen (secondary N) is 1. The molecule has 1 saturated heterocycles. The van der Waals surface area contributed by atoms with Crippen molar-refractivity contribution in [1.82, 2.24) is 14.5 Å². The van der Waals surface area contributed by atoms with Crippen LogP contribution in [0.1, 0.15) is 18.4 Å². The molecule has 0 radical (unpaired) electrons. The first-order chi connectivity index (χ1) is 11.0. The van der Waals surface area contributed by atoms with E-state index in [1.165, 1.54) is 0 Å². The monoisotopic (exact) mass is 312 g/mol. The van der Waals surface area contributed by atoms with Gasteiger partial charge in [-0.1, -0.05) is 5.92 Å². The third kappa shape index (κ3) is 2.27. The van der Waals surface area contributed by atoms with E-state index in [9.17, 15) is 4.79 Å². The van der Waals surface area contributed by atoms with Crippen LogP contribution < -0.4 is 11.3 Å². The largest absolute Gasteiger partial charge is 0.382 e. The van der Waals surface area contributed by atoms with Crippen molar-refractivity contribution in [1.29, 1.82) is 0 Å². The third-order valence-corrected chi connectivity index (χ3v) is 3.96. The average Bonchev–Trinajstić information content (AvgIpc) is 3.10. The molecule has 7 nitrogen and oxygen atoms in total. The average molecular weight is 312 g/mol. The topological polar surface area (TPSA) is 95.2 Å². The molecule has 3 heterocycles. The molecule has 0 aliphatic carbocycles. The zero-order valence-corrected chi connectivity index (χ0v) is 12.6. The van der Waals surface area contributed by atoms with Gasteiger partial charge in [-0.25, -0.2) is 0 Å². The highest BCUT2D eigenvalue weighted by molar-refractivity contribution is 5.83. The number of rotatable bonds is 3. The molecule has 0 saturated carbocycles. The molecular weight excluding hydrogens is 296 g/mol. The van der Waals surface area contributed by atoms with E-state index in [2.05, 4.69) is 21.8 Å². The van der Waals surface area contributed by atoms with E-state index in [0.29, 0.717) is 24.2 Å². The maximum absolute atomic E-state index is 12.2. The van der Waals surface area contributed by atoms with Gasteiger partial charge in [0.1, 0.15) is 0 Å². The Kier molecular flexibility index (Phi) is 3.61. The molecule has 0 amide bonds. The van der Waals surface area contributed by atoms with Gasteiger partial charge in [0.2, 0.25) is 11.7 Å². The van der Waals surface area contributed by atoms with E-state index in [-0.39, 0.29) is 17.4 Å². The first-order valence-corrected chi connectivity index (χ1v) is 7.07. The minimum atomic E-state index is -1.07. The summed E-state index contributed by atoms with van der Waals surface area (Å²) in [6, 6.07) is 0. The highest BCUT2D eigenvalue weighted by atomic mass is 16.6. The van der Waals surface area contributed by atoms with Gasteiger partial charge in [-0.05, 0) is 12.3 Å². The molecule has 3 rings (SSSR count). The van der Waals surface area contributed by atoms with Crippen molar-refractivity contribution in [2.24, 2.45) is 0 Å². The van der Waals surface area contributed by atoms with E-state index in [1.54, 1.807) is 17.9 Å². The number of nitrogens with two attached hydrogens (primary N) is 1. The van der Waals surface area contributed by atoms with Gasteiger partial charge in [-0.3, -0.25) is 14.3 Å². The maximum Gasteiger partial charge on any atom is 0.263 e. The summed E-state index contributed by atoms with van der Waals surface area (Å²) < 4.78 is 12.8. The minimum Gasteiger partial charge on any atom is -0.382 e. The Hall–Kier alpha value is -2.74. The number of fused-ring (bicyclic) bond motifs is 1. The molecule has 7 heteroatoms. The number of ether oxygens (including phenoxy) is 2. The van der Waals surface area contributed by atoms with Crippen LogP contribution in [-0.4, -0.2) is 34.4 Å². The highest BCUT2D eigenvalue weighted by Gasteiger charge is 2.42. The van der Waals surface area contributed by atoms with Gasteiger partial charge in [-0.15, -0.1) is 12.8 Å². The van der Waals surface area contributed by atoms with Crippen LogP contribution in [-0.2, 0) is 15.2 Å². The van der Waals surface area contributed by atoms with E-state index in [1.807, 2.05) is 0 Å². The summed E-state index contributed by atoms with van der Waals surface area (Å²) >= 11 is 0. The maximum atomic E-state index is 12.2. The lowest BCUT2D eigenvalue weighted by atomic mass is 10.1. The second kappa shape index (κ2) is 5.47. The number of hydrogen-bond acceptors (Lipinski definition) is 5. The summed E-state index contributed by atoms with van der Waals surface area (Å²) in [5, 5.41) is 0.273. The van der Waals surface area contributed by atoms with Crippen molar-refractivity contribution in [2.75, 3.05) is 19.5 Å². The van der Waals surface area contributed by atoms with E-state index in [0.717, 1.165) is 6.42 Å². The Morgan fingerprint density at radius 1 is 1.65 bits per heavy atom. The molecular formula is C16H16N4O3. The van der Waals surface area contributed by atoms with Gasteiger partial charge in [0.05, 0.1) is 23.7 Å².